The minimum Gasteiger partial charge on any atom is -0.311 e. The summed E-state index contributed by atoms with van der Waals surface area (Å²) in [7, 11) is 0. The van der Waals surface area contributed by atoms with Gasteiger partial charge in [-0.15, -0.1) is 0 Å². The Morgan fingerprint density at radius 3 is 1.51 bits per heavy atom. The highest BCUT2D eigenvalue weighted by molar-refractivity contribution is 6.10. The lowest BCUT2D eigenvalue weighted by molar-refractivity contribution is 0.627. The number of hydrogen-bond acceptors (Lipinski definition) is 1. The van der Waals surface area contributed by atoms with Gasteiger partial charge in [0, 0.05) is 33.5 Å². The maximum atomic E-state index is 13.9. The summed E-state index contributed by atoms with van der Waals surface area (Å²) in [6.45, 7) is 2.13. The Labute approximate surface area is 272 Å². The third-order valence-corrected chi connectivity index (χ3v) is 8.78. The van der Waals surface area contributed by atoms with Crippen molar-refractivity contribution >= 4 is 38.9 Å². The van der Waals surface area contributed by atoms with Gasteiger partial charge in [0.1, 0.15) is 11.6 Å². The molecule has 7 aromatic carbocycles. The zero-order valence-electron chi connectivity index (χ0n) is 25.7. The molecule has 0 spiro atoms. The fourth-order valence-corrected chi connectivity index (χ4v) is 6.45. The topological polar surface area (TPSA) is 8.17 Å². The minimum absolute atomic E-state index is 0.259. The first-order valence-electron chi connectivity index (χ1n) is 15.6. The molecule has 226 valence electrons. The molecular formula is C43H30F2N2. The van der Waals surface area contributed by atoms with E-state index in [0.29, 0.717) is 0 Å². The first-order chi connectivity index (χ1) is 23.0. The molecule has 8 rings (SSSR count). The monoisotopic (exact) mass is 612 g/mol. The normalized spacial score (nSPS) is 11.3. The van der Waals surface area contributed by atoms with Crippen molar-refractivity contribution in [1.29, 1.82) is 0 Å². The molecule has 0 unspecified atom stereocenters. The fraction of sp³-hybridized carbons (Fsp3) is 0.0233. The summed E-state index contributed by atoms with van der Waals surface area (Å²) in [6.07, 6.45) is 0. The molecule has 1 aromatic heterocycles. The van der Waals surface area contributed by atoms with E-state index in [4.69, 9.17) is 0 Å². The van der Waals surface area contributed by atoms with Crippen LogP contribution in [0.2, 0.25) is 0 Å². The molecule has 0 bridgehead atoms. The summed E-state index contributed by atoms with van der Waals surface area (Å²) in [4.78, 5) is 2.11. The smallest absolute Gasteiger partial charge is 0.123 e. The zero-order chi connectivity index (χ0) is 31.9. The van der Waals surface area contributed by atoms with Gasteiger partial charge in [-0.25, -0.2) is 8.78 Å². The Bertz CT molecular complexity index is 2340. The summed E-state index contributed by atoms with van der Waals surface area (Å²) < 4.78 is 29.8. The van der Waals surface area contributed by atoms with E-state index in [0.717, 1.165) is 45.0 Å². The summed E-state index contributed by atoms with van der Waals surface area (Å²) in [5, 5.41) is 2.43. The summed E-state index contributed by atoms with van der Waals surface area (Å²) in [5.41, 5.74) is 11.6. The second-order valence-electron chi connectivity index (χ2n) is 11.8. The fourth-order valence-electron chi connectivity index (χ4n) is 6.45. The number of anilines is 3. The average molecular weight is 613 g/mol. The third kappa shape index (κ3) is 5.34. The molecule has 4 heteroatoms. The van der Waals surface area contributed by atoms with Gasteiger partial charge in [0.15, 0.2) is 0 Å². The summed E-state index contributed by atoms with van der Waals surface area (Å²) >= 11 is 0. The van der Waals surface area contributed by atoms with Gasteiger partial charge in [0.2, 0.25) is 0 Å². The summed E-state index contributed by atoms with van der Waals surface area (Å²) in [5.74, 6) is -0.542. The van der Waals surface area contributed by atoms with E-state index in [9.17, 15) is 8.78 Å². The quantitative estimate of drug-likeness (QED) is 0.181. The van der Waals surface area contributed by atoms with Crippen LogP contribution in [0.15, 0.2) is 164 Å². The number of fused-ring (bicyclic) bond motifs is 3. The van der Waals surface area contributed by atoms with Gasteiger partial charge in [-0.1, -0.05) is 72.8 Å². The van der Waals surface area contributed by atoms with Crippen LogP contribution >= 0.6 is 0 Å². The molecule has 0 saturated carbocycles. The van der Waals surface area contributed by atoms with Crippen molar-refractivity contribution in [3.63, 3.8) is 0 Å². The molecule has 2 nitrogen and oxygen atoms in total. The van der Waals surface area contributed by atoms with Crippen molar-refractivity contribution in [2.75, 3.05) is 4.90 Å². The molecule has 8 aromatic rings. The lowest BCUT2D eigenvalue weighted by Crippen LogP contribution is -2.09. The van der Waals surface area contributed by atoms with Gasteiger partial charge < -0.3 is 9.47 Å². The van der Waals surface area contributed by atoms with E-state index in [-0.39, 0.29) is 11.6 Å². The van der Waals surface area contributed by atoms with Crippen molar-refractivity contribution < 1.29 is 8.78 Å². The predicted octanol–water partition coefficient (Wildman–Crippen LogP) is 12.2. The Morgan fingerprint density at radius 1 is 0.426 bits per heavy atom. The number of nitrogens with zero attached hydrogens (tertiary/aromatic N) is 2. The van der Waals surface area contributed by atoms with Gasteiger partial charge in [0.05, 0.1) is 11.0 Å². The molecule has 47 heavy (non-hydrogen) atoms. The van der Waals surface area contributed by atoms with Crippen molar-refractivity contribution in [1.82, 2.24) is 4.57 Å². The molecule has 0 aliphatic rings. The number of hydrogen-bond donors (Lipinski definition) is 0. The number of aromatic nitrogens is 1. The molecular weight excluding hydrogens is 582 g/mol. The molecule has 1 heterocycles. The van der Waals surface area contributed by atoms with Crippen LogP contribution in [-0.4, -0.2) is 4.57 Å². The van der Waals surface area contributed by atoms with Crippen molar-refractivity contribution in [2.24, 2.45) is 0 Å². The standard InChI is InChI=1S/C43H30F2N2/c1-29-7-25-40-41-28-33(14-26-42(41)47(43(40)27-29)36-5-3-2-4-6-36)32-12-21-38(22-13-32)46(39-23-17-35(45)18-24-39)37-19-10-31(11-20-37)30-8-15-34(44)16-9-30/h2-28H,1H3. The lowest BCUT2D eigenvalue weighted by Gasteiger charge is -2.26. The molecule has 0 atom stereocenters. The number of rotatable bonds is 6. The molecule has 0 amide bonds. The van der Waals surface area contributed by atoms with Crippen LogP contribution in [0.5, 0.6) is 0 Å². The molecule has 0 fully saturated rings. The third-order valence-electron chi connectivity index (χ3n) is 8.78. The highest BCUT2D eigenvalue weighted by atomic mass is 19.1. The maximum absolute atomic E-state index is 13.9. The van der Waals surface area contributed by atoms with Crippen molar-refractivity contribution in [2.45, 2.75) is 6.92 Å². The SMILES string of the molecule is Cc1ccc2c3cc(-c4ccc(N(c5ccc(F)cc5)c5ccc(-c6ccc(F)cc6)cc5)cc4)ccc3n(-c3ccccc3)c2c1. The van der Waals surface area contributed by atoms with E-state index in [1.54, 1.807) is 24.3 Å². The first-order valence-corrected chi connectivity index (χ1v) is 15.6. The zero-order valence-corrected chi connectivity index (χ0v) is 25.7. The molecule has 0 radical (unpaired) electrons. The largest absolute Gasteiger partial charge is 0.311 e. The van der Waals surface area contributed by atoms with Gasteiger partial charge in [-0.05, 0) is 126 Å². The Morgan fingerprint density at radius 2 is 0.915 bits per heavy atom. The van der Waals surface area contributed by atoms with E-state index in [1.807, 2.05) is 30.3 Å². The van der Waals surface area contributed by atoms with Crippen LogP contribution in [0, 0.1) is 18.6 Å². The molecule has 0 aliphatic carbocycles. The van der Waals surface area contributed by atoms with Gasteiger partial charge in [-0.3, -0.25) is 0 Å². The van der Waals surface area contributed by atoms with Gasteiger partial charge in [0.25, 0.3) is 0 Å². The highest BCUT2D eigenvalue weighted by Crippen LogP contribution is 2.39. The minimum atomic E-state index is -0.283. The predicted molar refractivity (Wildman–Crippen MR) is 191 cm³/mol. The van der Waals surface area contributed by atoms with Crippen molar-refractivity contribution in [3.8, 4) is 27.9 Å². The Hall–Kier alpha value is -6.00. The second kappa shape index (κ2) is 11.7. The van der Waals surface area contributed by atoms with Gasteiger partial charge in [-0.2, -0.15) is 0 Å². The first kappa shape index (κ1) is 28.5. The summed E-state index contributed by atoms with van der Waals surface area (Å²) in [6, 6.07) is 53.5. The second-order valence-corrected chi connectivity index (χ2v) is 11.8. The Kier molecular flexibility index (Phi) is 7.11. The van der Waals surface area contributed by atoms with Crippen LogP contribution < -0.4 is 4.90 Å². The van der Waals surface area contributed by atoms with Crippen LogP contribution in [0.1, 0.15) is 5.56 Å². The van der Waals surface area contributed by atoms with E-state index < -0.39 is 0 Å². The van der Waals surface area contributed by atoms with Crippen LogP contribution in [0.25, 0.3) is 49.7 Å². The van der Waals surface area contributed by atoms with E-state index >= 15 is 0 Å². The Balaban J connectivity index is 1.18. The number of benzene rings is 7. The molecule has 0 aliphatic heterocycles. The molecule has 0 saturated heterocycles. The number of para-hydroxylation sites is 1. The number of halogens is 2. The van der Waals surface area contributed by atoms with Gasteiger partial charge >= 0.3 is 0 Å². The average Bonchev–Trinajstić information content (AvgIpc) is 3.43. The molecule has 0 N–H and O–H groups in total. The number of aryl methyl sites for hydroxylation is 1. The lowest BCUT2D eigenvalue weighted by atomic mass is 10.0. The maximum Gasteiger partial charge on any atom is 0.123 e. The van der Waals surface area contributed by atoms with Crippen LogP contribution in [0.4, 0.5) is 25.8 Å². The van der Waals surface area contributed by atoms with E-state index in [1.165, 1.54) is 51.6 Å². The van der Waals surface area contributed by atoms with E-state index in [2.05, 4.69) is 101 Å². The van der Waals surface area contributed by atoms with Crippen LogP contribution in [0.3, 0.4) is 0 Å². The highest BCUT2D eigenvalue weighted by Gasteiger charge is 2.16. The van der Waals surface area contributed by atoms with Crippen LogP contribution in [-0.2, 0) is 0 Å². The van der Waals surface area contributed by atoms with Crippen molar-refractivity contribution in [3.05, 3.63) is 181 Å².